The number of rotatable bonds is 8. The first-order valence-corrected chi connectivity index (χ1v) is 6.60. The smallest absolute Gasteiger partial charge is 0.0948 e. The van der Waals surface area contributed by atoms with E-state index in [1.165, 1.54) is 32.1 Å². The van der Waals surface area contributed by atoms with E-state index in [0.717, 1.165) is 18.7 Å². The molecule has 1 aromatic carbocycles. The second kappa shape index (κ2) is 9.80. The van der Waals surface area contributed by atoms with Crippen molar-refractivity contribution in [1.82, 2.24) is 0 Å². The highest BCUT2D eigenvalue weighted by atomic mass is 14.8. The van der Waals surface area contributed by atoms with Gasteiger partial charge >= 0.3 is 0 Å². The van der Waals surface area contributed by atoms with Gasteiger partial charge < -0.3 is 0 Å². The Bertz CT molecular complexity index is 337. The predicted molar refractivity (Wildman–Crippen MR) is 74.2 cm³/mol. The van der Waals surface area contributed by atoms with Crippen LogP contribution in [0.25, 0.3) is 0 Å². The molecule has 0 unspecified atom stereocenters. The largest absolute Gasteiger partial charge is 0.225 e. The van der Waals surface area contributed by atoms with Crippen LogP contribution in [0, 0.1) is 0 Å². The van der Waals surface area contributed by atoms with Gasteiger partial charge in [-0.2, -0.15) is 4.99 Å². The fourth-order valence-corrected chi connectivity index (χ4v) is 1.62. The third-order valence-electron chi connectivity index (χ3n) is 2.63. The molecule has 0 amide bonds. The van der Waals surface area contributed by atoms with Crippen LogP contribution in [0.5, 0.6) is 0 Å². The van der Waals surface area contributed by atoms with Crippen molar-refractivity contribution in [2.75, 3.05) is 6.54 Å². The van der Waals surface area contributed by atoms with E-state index in [-0.39, 0.29) is 0 Å². The van der Waals surface area contributed by atoms with E-state index in [0.29, 0.717) is 0 Å². The fourth-order valence-electron chi connectivity index (χ4n) is 1.62. The minimum Gasteiger partial charge on any atom is -0.225 e. The molecule has 0 aliphatic rings. The van der Waals surface area contributed by atoms with Gasteiger partial charge in [-0.1, -0.05) is 57.2 Å². The molecule has 17 heavy (non-hydrogen) atoms. The highest BCUT2D eigenvalue weighted by Crippen LogP contribution is 2.08. The van der Waals surface area contributed by atoms with E-state index in [9.17, 15) is 0 Å². The van der Waals surface area contributed by atoms with E-state index in [1.807, 2.05) is 30.3 Å². The maximum atomic E-state index is 4.17. The third kappa shape index (κ3) is 7.48. The van der Waals surface area contributed by atoms with Gasteiger partial charge in [0, 0.05) is 6.54 Å². The topological polar surface area (TPSA) is 24.7 Å². The summed E-state index contributed by atoms with van der Waals surface area (Å²) in [7, 11) is 0. The first kappa shape index (κ1) is 13.7. The number of aliphatic imine (C=N–C) groups is 2. The maximum absolute atomic E-state index is 4.17. The van der Waals surface area contributed by atoms with Crippen molar-refractivity contribution in [3.8, 4) is 0 Å². The Kier molecular flexibility index (Phi) is 7.88. The highest BCUT2D eigenvalue weighted by molar-refractivity contribution is 5.51. The lowest BCUT2D eigenvalue weighted by molar-refractivity contribution is 0.613. The van der Waals surface area contributed by atoms with Crippen LogP contribution in [0.15, 0.2) is 40.3 Å². The van der Waals surface area contributed by atoms with Gasteiger partial charge in [-0.05, 0) is 18.6 Å². The minimum absolute atomic E-state index is 0.850. The van der Waals surface area contributed by atoms with Gasteiger partial charge in [0.15, 0.2) is 0 Å². The Morgan fingerprint density at radius 2 is 1.65 bits per heavy atom. The van der Waals surface area contributed by atoms with Gasteiger partial charge in [0.05, 0.1) is 11.7 Å². The lowest BCUT2D eigenvalue weighted by Gasteiger charge is -1.96. The zero-order valence-electron chi connectivity index (χ0n) is 10.7. The van der Waals surface area contributed by atoms with Crippen molar-refractivity contribution in [2.45, 2.75) is 45.4 Å². The van der Waals surface area contributed by atoms with Gasteiger partial charge in [-0.3, -0.25) is 0 Å². The second-order valence-electron chi connectivity index (χ2n) is 4.20. The van der Waals surface area contributed by atoms with Gasteiger partial charge in [0.25, 0.3) is 0 Å². The molecule has 0 fully saturated rings. The Morgan fingerprint density at radius 1 is 0.941 bits per heavy atom. The SMILES string of the molecule is CCCCCCCCN=C=Nc1ccccc1. The van der Waals surface area contributed by atoms with Crippen molar-refractivity contribution in [3.63, 3.8) is 0 Å². The number of benzene rings is 1. The molecule has 0 saturated carbocycles. The highest BCUT2D eigenvalue weighted by Gasteiger charge is 1.88. The number of para-hydroxylation sites is 1. The van der Waals surface area contributed by atoms with Crippen molar-refractivity contribution < 1.29 is 0 Å². The van der Waals surface area contributed by atoms with Gasteiger partial charge in [0.2, 0.25) is 0 Å². The molecule has 1 rings (SSSR count). The Balaban J connectivity index is 2.08. The molecule has 0 atom stereocenters. The van der Waals surface area contributed by atoms with E-state index >= 15 is 0 Å². The van der Waals surface area contributed by atoms with E-state index in [1.54, 1.807) is 0 Å². The Morgan fingerprint density at radius 3 is 2.41 bits per heavy atom. The molecule has 0 bridgehead atoms. The molecule has 0 aromatic heterocycles. The summed E-state index contributed by atoms with van der Waals surface area (Å²) in [5.41, 5.74) is 0.916. The fraction of sp³-hybridized carbons (Fsp3) is 0.533. The van der Waals surface area contributed by atoms with Crippen molar-refractivity contribution >= 4 is 11.7 Å². The average Bonchev–Trinajstić information content (AvgIpc) is 2.38. The number of hydrogen-bond acceptors (Lipinski definition) is 2. The van der Waals surface area contributed by atoms with Crippen LogP contribution >= 0.6 is 0 Å². The predicted octanol–water partition coefficient (Wildman–Crippen LogP) is 4.85. The van der Waals surface area contributed by atoms with Crippen LogP contribution in [-0.4, -0.2) is 12.6 Å². The van der Waals surface area contributed by atoms with Crippen LogP contribution in [0.4, 0.5) is 5.69 Å². The molecule has 1 aromatic rings. The van der Waals surface area contributed by atoms with Crippen LogP contribution in [0.3, 0.4) is 0 Å². The van der Waals surface area contributed by atoms with Crippen LogP contribution in [-0.2, 0) is 0 Å². The van der Waals surface area contributed by atoms with Crippen molar-refractivity contribution in [2.24, 2.45) is 9.98 Å². The summed E-state index contributed by atoms with van der Waals surface area (Å²) in [6.07, 6.45) is 7.79. The third-order valence-corrected chi connectivity index (χ3v) is 2.63. The van der Waals surface area contributed by atoms with Crippen LogP contribution < -0.4 is 0 Å². The molecule has 2 nitrogen and oxygen atoms in total. The summed E-state index contributed by atoms with van der Waals surface area (Å²) in [6.45, 7) is 3.09. The normalized spacial score (nSPS) is 9.71. The molecule has 0 N–H and O–H groups in total. The van der Waals surface area contributed by atoms with E-state index in [2.05, 4.69) is 22.9 Å². The zero-order valence-corrected chi connectivity index (χ0v) is 10.7. The summed E-state index contributed by atoms with van der Waals surface area (Å²) in [5, 5.41) is 0. The summed E-state index contributed by atoms with van der Waals surface area (Å²) in [4.78, 5) is 8.30. The number of nitrogens with zero attached hydrogens (tertiary/aromatic N) is 2. The van der Waals surface area contributed by atoms with Crippen LogP contribution in [0.2, 0.25) is 0 Å². The Labute approximate surface area is 105 Å². The van der Waals surface area contributed by atoms with Gasteiger partial charge in [-0.15, -0.1) is 0 Å². The average molecular weight is 230 g/mol. The lowest BCUT2D eigenvalue weighted by Crippen LogP contribution is -1.82. The maximum Gasteiger partial charge on any atom is 0.0948 e. The molecule has 0 radical (unpaired) electrons. The lowest BCUT2D eigenvalue weighted by atomic mass is 10.1. The molecule has 0 heterocycles. The summed E-state index contributed by atoms with van der Waals surface area (Å²) >= 11 is 0. The standard InChI is InChI=1S/C15H22N2/c1-2-3-4-5-6-10-13-16-14-17-15-11-8-7-9-12-15/h7-9,11-12H,2-6,10,13H2,1H3. The number of unbranched alkanes of at least 4 members (excludes halogenated alkanes) is 5. The minimum atomic E-state index is 0.850. The van der Waals surface area contributed by atoms with Gasteiger partial charge in [-0.25, -0.2) is 4.99 Å². The summed E-state index contributed by atoms with van der Waals surface area (Å²) in [6, 6.07) is 12.6. The molecule has 0 spiro atoms. The molecule has 92 valence electrons. The molecule has 0 saturated heterocycles. The molecule has 0 aliphatic heterocycles. The van der Waals surface area contributed by atoms with Gasteiger partial charge in [0.1, 0.15) is 0 Å². The summed E-state index contributed by atoms with van der Waals surface area (Å²) in [5.74, 6) is 0. The molecular formula is C15H22N2. The Hall–Kier alpha value is -1.40. The molecular weight excluding hydrogens is 208 g/mol. The number of hydrogen-bond donors (Lipinski definition) is 0. The van der Waals surface area contributed by atoms with Crippen molar-refractivity contribution in [1.29, 1.82) is 0 Å². The molecule has 2 heteroatoms. The van der Waals surface area contributed by atoms with E-state index < -0.39 is 0 Å². The monoisotopic (exact) mass is 230 g/mol. The zero-order chi connectivity index (χ0) is 12.2. The van der Waals surface area contributed by atoms with Crippen LogP contribution in [0.1, 0.15) is 45.4 Å². The summed E-state index contributed by atoms with van der Waals surface area (Å²) < 4.78 is 0. The first-order chi connectivity index (χ1) is 8.43. The van der Waals surface area contributed by atoms with Crippen molar-refractivity contribution in [3.05, 3.63) is 30.3 Å². The second-order valence-corrected chi connectivity index (χ2v) is 4.20. The first-order valence-electron chi connectivity index (χ1n) is 6.60. The molecule has 0 aliphatic carbocycles. The quantitative estimate of drug-likeness (QED) is 0.450. The van der Waals surface area contributed by atoms with E-state index in [4.69, 9.17) is 0 Å².